The van der Waals surface area contributed by atoms with Crippen LogP contribution in [0.1, 0.15) is 39.5 Å². The van der Waals surface area contributed by atoms with Gasteiger partial charge in [-0.1, -0.05) is 26.2 Å². The summed E-state index contributed by atoms with van der Waals surface area (Å²) in [4.78, 5) is 10.8. The topological polar surface area (TPSA) is 78.3 Å². The van der Waals surface area contributed by atoms with Crippen LogP contribution in [0.15, 0.2) is 0 Å². The Morgan fingerprint density at radius 2 is 2.00 bits per heavy atom. The lowest BCUT2D eigenvalue weighted by molar-refractivity contribution is -0.124. The number of hydrogen-bond donors (Lipinski definition) is 2. The van der Waals surface area contributed by atoms with Gasteiger partial charge in [-0.2, -0.15) is 0 Å². The van der Waals surface area contributed by atoms with Crippen LogP contribution in [-0.4, -0.2) is 24.7 Å². The largest absolute Gasteiger partial charge is 0.379 e. The van der Waals surface area contributed by atoms with E-state index in [4.69, 9.17) is 16.2 Å². The average molecular weight is 202 g/mol. The number of amides is 1. The monoisotopic (exact) mass is 202 g/mol. The van der Waals surface area contributed by atoms with Gasteiger partial charge in [0.2, 0.25) is 5.91 Å². The highest BCUT2D eigenvalue weighted by Crippen LogP contribution is 2.02. The number of unbranched alkanes of at least 4 members (excludes halogenated alkanes) is 3. The van der Waals surface area contributed by atoms with E-state index < -0.39 is 11.4 Å². The highest BCUT2D eigenvalue weighted by Gasteiger charge is 2.25. The van der Waals surface area contributed by atoms with Crippen LogP contribution < -0.4 is 11.5 Å². The molecule has 0 spiro atoms. The Morgan fingerprint density at radius 3 is 2.50 bits per heavy atom. The maximum atomic E-state index is 10.8. The summed E-state index contributed by atoms with van der Waals surface area (Å²) in [6.07, 6.45) is 4.60. The minimum atomic E-state index is -1.04. The van der Waals surface area contributed by atoms with E-state index in [1.165, 1.54) is 12.8 Å². The summed E-state index contributed by atoms with van der Waals surface area (Å²) < 4.78 is 5.28. The molecule has 0 heterocycles. The van der Waals surface area contributed by atoms with Gasteiger partial charge >= 0.3 is 0 Å². The van der Waals surface area contributed by atoms with Crippen molar-refractivity contribution in [1.82, 2.24) is 0 Å². The SMILES string of the molecule is CCCCCCOCC(C)(N)C(N)=O. The molecule has 0 aliphatic rings. The van der Waals surface area contributed by atoms with Gasteiger partial charge in [-0.05, 0) is 13.3 Å². The maximum absolute atomic E-state index is 10.8. The van der Waals surface area contributed by atoms with Crippen molar-refractivity contribution in [2.45, 2.75) is 45.1 Å². The van der Waals surface area contributed by atoms with Gasteiger partial charge in [-0.15, -0.1) is 0 Å². The van der Waals surface area contributed by atoms with Gasteiger partial charge in [0.05, 0.1) is 6.61 Å². The summed E-state index contributed by atoms with van der Waals surface area (Å²) in [5.74, 6) is -0.522. The summed E-state index contributed by atoms with van der Waals surface area (Å²) in [6, 6.07) is 0. The minimum Gasteiger partial charge on any atom is -0.379 e. The van der Waals surface area contributed by atoms with Crippen LogP contribution in [0, 0.1) is 0 Å². The number of primary amides is 1. The first-order chi connectivity index (χ1) is 6.50. The molecule has 0 fully saturated rings. The van der Waals surface area contributed by atoms with Gasteiger partial charge in [-0.25, -0.2) is 0 Å². The van der Waals surface area contributed by atoms with Crippen LogP contribution in [0.25, 0.3) is 0 Å². The Morgan fingerprint density at radius 1 is 1.36 bits per heavy atom. The van der Waals surface area contributed by atoms with E-state index in [1.807, 2.05) is 0 Å². The van der Waals surface area contributed by atoms with Crippen LogP contribution >= 0.6 is 0 Å². The Hall–Kier alpha value is -0.610. The highest BCUT2D eigenvalue weighted by molar-refractivity contribution is 5.83. The van der Waals surface area contributed by atoms with Crippen molar-refractivity contribution >= 4 is 5.91 Å². The van der Waals surface area contributed by atoms with Gasteiger partial charge in [0.15, 0.2) is 0 Å². The molecule has 0 aromatic carbocycles. The molecular formula is C10H22N2O2. The molecule has 0 aliphatic carbocycles. The van der Waals surface area contributed by atoms with Crippen LogP contribution in [0.3, 0.4) is 0 Å². The summed E-state index contributed by atoms with van der Waals surface area (Å²) in [5.41, 5.74) is 9.65. The molecule has 14 heavy (non-hydrogen) atoms. The van der Waals surface area contributed by atoms with Gasteiger partial charge < -0.3 is 16.2 Å². The molecule has 4 nitrogen and oxygen atoms in total. The van der Waals surface area contributed by atoms with E-state index in [-0.39, 0.29) is 6.61 Å². The molecule has 0 aliphatic heterocycles. The lowest BCUT2D eigenvalue weighted by Crippen LogP contribution is -2.52. The normalized spacial score (nSPS) is 15.1. The third kappa shape index (κ3) is 5.94. The van der Waals surface area contributed by atoms with Crippen LogP contribution in [0.2, 0.25) is 0 Å². The Labute approximate surface area is 86.0 Å². The maximum Gasteiger partial charge on any atom is 0.239 e. The van der Waals surface area contributed by atoms with Crippen molar-refractivity contribution in [3.8, 4) is 0 Å². The summed E-state index contributed by atoms with van der Waals surface area (Å²) in [6.45, 7) is 4.60. The van der Waals surface area contributed by atoms with E-state index in [0.717, 1.165) is 12.8 Å². The number of hydrogen-bond acceptors (Lipinski definition) is 3. The first-order valence-corrected chi connectivity index (χ1v) is 5.17. The van der Waals surface area contributed by atoms with Gasteiger partial charge in [0.25, 0.3) is 0 Å². The summed E-state index contributed by atoms with van der Waals surface area (Å²) in [5, 5.41) is 0. The van der Waals surface area contributed by atoms with E-state index in [2.05, 4.69) is 6.92 Å². The highest BCUT2D eigenvalue weighted by atomic mass is 16.5. The molecule has 0 radical (unpaired) electrons. The van der Waals surface area contributed by atoms with Crippen molar-refractivity contribution in [1.29, 1.82) is 0 Å². The number of ether oxygens (including phenoxy) is 1. The fourth-order valence-corrected chi connectivity index (χ4v) is 0.986. The molecule has 0 rings (SSSR count). The fourth-order valence-electron chi connectivity index (χ4n) is 0.986. The van der Waals surface area contributed by atoms with Gasteiger partial charge in [0, 0.05) is 6.61 Å². The van der Waals surface area contributed by atoms with E-state index in [1.54, 1.807) is 6.92 Å². The fraction of sp³-hybridized carbons (Fsp3) is 0.900. The average Bonchev–Trinajstić information content (AvgIpc) is 2.10. The molecule has 0 aromatic rings. The third-order valence-corrected chi connectivity index (χ3v) is 2.11. The van der Waals surface area contributed by atoms with Crippen molar-refractivity contribution in [3.63, 3.8) is 0 Å². The lowest BCUT2D eigenvalue weighted by atomic mass is 10.1. The molecule has 0 saturated carbocycles. The third-order valence-electron chi connectivity index (χ3n) is 2.11. The van der Waals surface area contributed by atoms with Crippen molar-refractivity contribution in [2.75, 3.05) is 13.2 Å². The van der Waals surface area contributed by atoms with Crippen LogP contribution in [-0.2, 0) is 9.53 Å². The molecule has 84 valence electrons. The quantitative estimate of drug-likeness (QED) is 0.571. The van der Waals surface area contributed by atoms with Crippen molar-refractivity contribution in [3.05, 3.63) is 0 Å². The molecule has 4 heteroatoms. The molecule has 1 unspecified atom stereocenters. The van der Waals surface area contributed by atoms with Gasteiger partial charge in [-0.3, -0.25) is 4.79 Å². The number of rotatable bonds is 8. The second-order valence-corrected chi connectivity index (χ2v) is 3.89. The molecule has 1 amide bonds. The lowest BCUT2D eigenvalue weighted by Gasteiger charge is -2.19. The Kier molecular flexibility index (Phi) is 6.49. The molecule has 0 bridgehead atoms. The Bertz CT molecular complexity index is 170. The zero-order valence-electron chi connectivity index (χ0n) is 9.21. The predicted octanol–water partition coefficient (Wildman–Crippen LogP) is 0.786. The Balaban J connectivity index is 3.40. The van der Waals surface area contributed by atoms with Crippen molar-refractivity contribution in [2.24, 2.45) is 11.5 Å². The number of nitrogens with two attached hydrogens (primary N) is 2. The summed E-state index contributed by atoms with van der Waals surface area (Å²) in [7, 11) is 0. The number of carbonyl (C=O) groups excluding carboxylic acids is 1. The number of carbonyl (C=O) groups is 1. The summed E-state index contributed by atoms with van der Waals surface area (Å²) >= 11 is 0. The van der Waals surface area contributed by atoms with Gasteiger partial charge in [0.1, 0.15) is 5.54 Å². The molecule has 4 N–H and O–H groups in total. The van der Waals surface area contributed by atoms with E-state index in [0.29, 0.717) is 6.61 Å². The smallest absolute Gasteiger partial charge is 0.239 e. The molecular weight excluding hydrogens is 180 g/mol. The van der Waals surface area contributed by atoms with E-state index in [9.17, 15) is 4.79 Å². The van der Waals surface area contributed by atoms with Crippen molar-refractivity contribution < 1.29 is 9.53 Å². The first-order valence-electron chi connectivity index (χ1n) is 5.17. The zero-order valence-corrected chi connectivity index (χ0v) is 9.21. The predicted molar refractivity (Wildman–Crippen MR) is 56.7 cm³/mol. The van der Waals surface area contributed by atoms with Crippen LogP contribution in [0.4, 0.5) is 0 Å². The molecule has 0 saturated heterocycles. The minimum absolute atomic E-state index is 0.203. The molecule has 0 aromatic heterocycles. The van der Waals surface area contributed by atoms with Crippen LogP contribution in [0.5, 0.6) is 0 Å². The molecule has 1 atom stereocenters. The van der Waals surface area contributed by atoms with E-state index >= 15 is 0 Å². The second-order valence-electron chi connectivity index (χ2n) is 3.89. The first kappa shape index (κ1) is 13.4. The second kappa shape index (κ2) is 6.79. The zero-order chi connectivity index (χ0) is 11.0. The standard InChI is InChI=1S/C10H22N2O2/c1-3-4-5-6-7-14-8-10(2,12)9(11)13/h3-8,12H2,1-2H3,(H2,11,13).